The number of aliphatic hydroxyl groups excluding tert-OH is 1. The molecule has 0 aromatic heterocycles. The Morgan fingerprint density at radius 1 is 1.17 bits per heavy atom. The number of esters is 2. The van der Waals surface area contributed by atoms with Crippen LogP contribution in [0.2, 0.25) is 0 Å². The predicted octanol–water partition coefficient (Wildman–Crippen LogP) is 0.254. The van der Waals surface area contributed by atoms with Gasteiger partial charge in [0.1, 0.15) is 23.4 Å². The van der Waals surface area contributed by atoms with Crippen molar-refractivity contribution in [3.05, 3.63) is 12.2 Å². The third-order valence-electron chi connectivity index (χ3n) is 10.9. The van der Waals surface area contributed by atoms with Gasteiger partial charge in [-0.15, -0.1) is 0 Å². The molecule has 6 rings (SSSR count). The fraction of sp³-hybridized carbons (Fsp3) is 0.846. The minimum atomic E-state index is -1.89. The first-order valence-electron chi connectivity index (χ1n) is 12.8. The summed E-state index contributed by atoms with van der Waals surface area (Å²) in [6.07, 6.45) is 1.47. The lowest BCUT2D eigenvalue weighted by molar-refractivity contribution is -0.309. The second kappa shape index (κ2) is 7.07. The molecule has 9 heteroatoms. The first-order valence-corrected chi connectivity index (χ1v) is 12.8. The van der Waals surface area contributed by atoms with E-state index >= 15 is 0 Å². The van der Waals surface area contributed by atoms with Crippen molar-refractivity contribution in [2.75, 3.05) is 20.2 Å². The minimum absolute atomic E-state index is 0.137. The second-order valence-electron chi connectivity index (χ2n) is 12.1. The molecule has 6 aliphatic rings. The summed E-state index contributed by atoms with van der Waals surface area (Å²) in [5.41, 5.74) is -5.03. The fourth-order valence-electron chi connectivity index (χ4n) is 10.3. The molecule has 5 aliphatic carbocycles. The molecule has 5 fully saturated rings. The van der Waals surface area contributed by atoms with Gasteiger partial charge in [-0.3, -0.25) is 14.5 Å². The summed E-state index contributed by atoms with van der Waals surface area (Å²) in [7, 11) is 1.57. The Morgan fingerprint density at radius 2 is 1.86 bits per heavy atom. The maximum absolute atomic E-state index is 12.9. The summed E-state index contributed by atoms with van der Waals surface area (Å²) >= 11 is 0. The molecule has 35 heavy (non-hydrogen) atoms. The van der Waals surface area contributed by atoms with Crippen LogP contribution in [0.3, 0.4) is 0 Å². The normalized spacial score (nSPS) is 57.2. The molecule has 3 N–H and O–H groups in total. The first-order chi connectivity index (χ1) is 16.4. The van der Waals surface area contributed by atoms with E-state index < -0.39 is 76.3 Å². The lowest BCUT2D eigenvalue weighted by Gasteiger charge is -2.68. The van der Waals surface area contributed by atoms with Gasteiger partial charge in [-0.2, -0.15) is 0 Å². The van der Waals surface area contributed by atoms with Crippen LogP contribution in [0.15, 0.2) is 12.2 Å². The van der Waals surface area contributed by atoms with Crippen LogP contribution in [0.4, 0.5) is 0 Å². The number of methoxy groups -OCH3 is 1. The summed E-state index contributed by atoms with van der Waals surface area (Å²) in [5.74, 6) is -2.45. The number of carbonyl (C=O) groups excluding carboxylic acids is 2. The van der Waals surface area contributed by atoms with E-state index in [1.165, 1.54) is 13.8 Å². The molecule has 4 saturated carbocycles. The minimum Gasteiger partial charge on any atom is -0.462 e. The van der Waals surface area contributed by atoms with Crippen molar-refractivity contribution >= 4 is 11.9 Å². The van der Waals surface area contributed by atoms with E-state index in [2.05, 4.69) is 11.8 Å². The molecule has 9 nitrogen and oxygen atoms in total. The highest BCUT2D eigenvalue weighted by Gasteiger charge is 2.91. The number of hydrogen-bond acceptors (Lipinski definition) is 9. The number of rotatable bonds is 4. The van der Waals surface area contributed by atoms with Crippen molar-refractivity contribution < 1.29 is 39.1 Å². The zero-order valence-corrected chi connectivity index (χ0v) is 21.0. The molecule has 1 unspecified atom stereocenters. The predicted molar refractivity (Wildman–Crippen MR) is 122 cm³/mol. The zero-order chi connectivity index (χ0) is 25.3. The summed E-state index contributed by atoms with van der Waals surface area (Å²) in [6.45, 7) is 7.98. The maximum Gasteiger partial charge on any atom is 0.303 e. The Balaban J connectivity index is 1.67. The zero-order valence-electron chi connectivity index (χ0n) is 21.0. The number of fused-ring (bicyclic) bond motifs is 2. The lowest BCUT2D eigenvalue weighted by Crippen LogP contribution is -2.81. The molecule has 1 saturated heterocycles. The lowest BCUT2D eigenvalue weighted by atomic mass is 9.44. The Bertz CT molecular complexity index is 1000. The van der Waals surface area contributed by atoms with Crippen LogP contribution in [-0.2, 0) is 23.8 Å². The van der Waals surface area contributed by atoms with Gasteiger partial charge in [-0.1, -0.05) is 26.0 Å². The summed E-state index contributed by atoms with van der Waals surface area (Å²) in [4.78, 5) is 26.8. The highest BCUT2D eigenvalue weighted by Crippen LogP contribution is 2.79. The Kier molecular flexibility index (Phi) is 4.82. The first kappa shape index (κ1) is 23.9. The highest BCUT2D eigenvalue weighted by atomic mass is 16.6. The van der Waals surface area contributed by atoms with Crippen molar-refractivity contribution in [2.45, 2.75) is 82.2 Å². The monoisotopic (exact) mass is 491 g/mol. The quantitative estimate of drug-likeness (QED) is 0.375. The number of likely N-dealkylation sites (N-methyl/N-ethyl adjacent to an activating group) is 1. The topological polar surface area (TPSA) is 126 Å². The number of hydrogen-bond donors (Lipinski definition) is 3. The average Bonchev–Trinajstić information content (AvgIpc) is 3.17. The number of aliphatic hydroxyl groups is 3. The summed E-state index contributed by atoms with van der Waals surface area (Å²) in [6, 6.07) is -0.638. The number of ether oxygens (including phenoxy) is 3. The molecule has 0 amide bonds. The molecule has 1 heterocycles. The van der Waals surface area contributed by atoms with Crippen LogP contribution >= 0.6 is 0 Å². The van der Waals surface area contributed by atoms with Crippen LogP contribution in [-0.4, -0.2) is 94.0 Å². The van der Waals surface area contributed by atoms with Gasteiger partial charge in [-0.25, -0.2) is 0 Å². The summed E-state index contributed by atoms with van der Waals surface area (Å²) in [5, 5.41) is 37.5. The van der Waals surface area contributed by atoms with Gasteiger partial charge >= 0.3 is 11.9 Å². The van der Waals surface area contributed by atoms with Gasteiger partial charge in [0.05, 0.1) is 18.2 Å². The van der Waals surface area contributed by atoms with Crippen LogP contribution in [0.25, 0.3) is 0 Å². The van der Waals surface area contributed by atoms with Crippen LogP contribution in [0, 0.1) is 34.5 Å². The molecular weight excluding hydrogens is 454 g/mol. The molecular formula is C26H37NO8. The van der Waals surface area contributed by atoms with Crippen molar-refractivity contribution in [3.8, 4) is 0 Å². The summed E-state index contributed by atoms with van der Waals surface area (Å²) < 4.78 is 17.7. The Labute approximate surface area is 205 Å². The molecule has 194 valence electrons. The van der Waals surface area contributed by atoms with Gasteiger partial charge in [0.25, 0.3) is 0 Å². The van der Waals surface area contributed by atoms with Crippen molar-refractivity contribution in [1.82, 2.24) is 4.90 Å². The molecule has 0 aromatic rings. The van der Waals surface area contributed by atoms with Gasteiger partial charge in [-0.05, 0) is 18.9 Å². The molecule has 1 aliphatic heterocycles. The Morgan fingerprint density at radius 3 is 2.46 bits per heavy atom. The van der Waals surface area contributed by atoms with E-state index in [9.17, 15) is 24.9 Å². The van der Waals surface area contributed by atoms with E-state index in [0.717, 1.165) is 0 Å². The van der Waals surface area contributed by atoms with Gasteiger partial charge < -0.3 is 29.5 Å². The SMILES string of the molecule is CCN1C[C@@]2(C)C=C[C@H](O)C34[C@@H]5C[C@H]6[C@H](OC(C)=O)[C@@H]5[C@](O)(C[C@@H]6OC)[C@](O)([C@@H](OC(C)=O)[C@@H]32)[C@@H]14. The fourth-order valence-corrected chi connectivity index (χ4v) is 10.3. The number of piperidine rings is 1. The Hall–Kier alpha value is -1.52. The van der Waals surface area contributed by atoms with Crippen LogP contribution < -0.4 is 0 Å². The molecule has 7 bridgehead atoms. The van der Waals surface area contributed by atoms with Crippen molar-refractivity contribution in [2.24, 2.45) is 34.5 Å². The van der Waals surface area contributed by atoms with E-state index in [4.69, 9.17) is 14.2 Å². The van der Waals surface area contributed by atoms with E-state index in [1.54, 1.807) is 7.11 Å². The maximum atomic E-state index is 12.9. The van der Waals surface area contributed by atoms with E-state index in [1.807, 2.05) is 19.1 Å². The smallest absolute Gasteiger partial charge is 0.303 e. The standard InChI is InChI=1S/C26H37NO8/c1-6-27-11-23(4)8-7-17(30)25-15-9-14-16(33-5)10-24(31,18(15)19(14)34-12(2)28)26(32,22(25)27)21(20(23)25)35-13(3)29/h7-8,14-22,30-32H,6,9-11H2,1-5H3/t14-,15-,16+,17+,18-,19+,20-,21+,22+,23-,24-,25?,26+/m1/s1. The number of nitrogens with zero attached hydrogens (tertiary/aromatic N) is 1. The van der Waals surface area contributed by atoms with E-state index in [-0.39, 0.29) is 18.3 Å². The van der Waals surface area contributed by atoms with Crippen LogP contribution in [0.5, 0.6) is 0 Å². The second-order valence-corrected chi connectivity index (χ2v) is 12.1. The number of carbonyl (C=O) groups is 2. The molecule has 13 atom stereocenters. The van der Waals surface area contributed by atoms with Gasteiger partial charge in [0.2, 0.25) is 0 Å². The molecule has 1 spiro atoms. The van der Waals surface area contributed by atoms with Crippen LogP contribution in [0.1, 0.15) is 40.5 Å². The molecule has 0 aromatic carbocycles. The average molecular weight is 492 g/mol. The largest absolute Gasteiger partial charge is 0.462 e. The highest BCUT2D eigenvalue weighted by molar-refractivity contribution is 5.67. The number of likely N-dealkylation sites (tertiary alicyclic amines) is 1. The molecule has 0 radical (unpaired) electrons. The van der Waals surface area contributed by atoms with Gasteiger partial charge in [0.15, 0.2) is 0 Å². The third-order valence-corrected chi connectivity index (χ3v) is 10.9. The van der Waals surface area contributed by atoms with Gasteiger partial charge in [0, 0.05) is 62.5 Å². The van der Waals surface area contributed by atoms with Crippen molar-refractivity contribution in [1.29, 1.82) is 0 Å². The van der Waals surface area contributed by atoms with Crippen molar-refractivity contribution in [3.63, 3.8) is 0 Å². The van der Waals surface area contributed by atoms with E-state index in [0.29, 0.717) is 19.5 Å². The third kappa shape index (κ3) is 2.43.